The van der Waals surface area contributed by atoms with E-state index in [9.17, 15) is 71.5 Å². The highest BCUT2D eigenvalue weighted by Gasteiger charge is 2.45. The fraction of sp³-hybridized carbons (Fsp3) is 0.556. The van der Waals surface area contributed by atoms with E-state index in [0.717, 1.165) is 58.2 Å². The van der Waals surface area contributed by atoms with E-state index in [1.54, 1.807) is 47.4 Å². The monoisotopic (exact) mass is 1740 g/mol. The Kier molecular flexibility index (Phi) is 32.2. The third-order valence-electron chi connectivity index (χ3n) is 23.8. The first-order chi connectivity index (χ1) is 59.2. The van der Waals surface area contributed by atoms with Crippen LogP contribution >= 0.6 is 0 Å². The number of nitrogens with zero attached hydrogens (tertiary/aromatic N) is 17. The fourth-order valence-electron chi connectivity index (χ4n) is 17.1. The van der Waals surface area contributed by atoms with Crippen LogP contribution in [0.3, 0.4) is 0 Å². The van der Waals surface area contributed by atoms with Crippen LogP contribution in [0.5, 0.6) is 0 Å². The minimum Gasteiger partial charge on any atom is -0.396 e. The third kappa shape index (κ3) is 21.6. The number of amides is 5. The van der Waals surface area contributed by atoms with Crippen molar-refractivity contribution in [2.24, 2.45) is 33.6 Å². The van der Waals surface area contributed by atoms with Gasteiger partial charge >= 0.3 is 17.9 Å². The van der Waals surface area contributed by atoms with Gasteiger partial charge in [-0.1, -0.05) is 82.0 Å². The first-order valence-corrected chi connectivity index (χ1v) is 43.2. The molecule has 14 rings (SSSR count). The number of aliphatic hydroxyl groups is 4. The van der Waals surface area contributed by atoms with Crippen LogP contribution in [-0.4, -0.2) is 222 Å². The number of imidazole rings is 1. The predicted molar refractivity (Wildman–Crippen MR) is 469 cm³/mol. The lowest BCUT2D eigenvalue weighted by Crippen LogP contribution is -2.51. The minimum atomic E-state index is -4.87. The van der Waals surface area contributed by atoms with Crippen LogP contribution in [0.4, 0.5) is 33.9 Å². The lowest BCUT2D eigenvalue weighted by molar-refractivity contribution is -0.140. The van der Waals surface area contributed by atoms with E-state index >= 15 is 0 Å². The average molecular weight is 1740 g/mol. The van der Waals surface area contributed by atoms with Crippen molar-refractivity contribution in [2.45, 2.75) is 240 Å². The number of urea groups is 1. The van der Waals surface area contributed by atoms with Crippen LogP contribution in [0.2, 0.25) is 0 Å². The van der Waals surface area contributed by atoms with Gasteiger partial charge in [0.15, 0.2) is 5.82 Å². The number of aliphatic imine (C=N–C) groups is 1. The molecule has 0 radical (unpaired) electrons. The summed E-state index contributed by atoms with van der Waals surface area (Å²) in [4.78, 5) is 112. The lowest BCUT2D eigenvalue weighted by atomic mass is 10.0. The molecule has 2 aliphatic carbocycles. The van der Waals surface area contributed by atoms with E-state index < -0.39 is 71.7 Å². The zero-order valence-corrected chi connectivity index (χ0v) is 74.1. The number of carbonyl (C=O) groups is 4. The Morgan fingerprint density at radius 3 is 1.94 bits per heavy atom. The van der Waals surface area contributed by atoms with Gasteiger partial charge in [-0.2, -0.15) is 23.3 Å². The van der Waals surface area contributed by atoms with Crippen LogP contribution in [0.1, 0.15) is 210 Å². The largest absolute Gasteiger partial charge is 0.423 e. The number of azide groups is 1. The number of hydrogen-bond donors (Lipinski definition) is 5. The highest BCUT2D eigenvalue weighted by Crippen LogP contribution is 2.45. The molecule has 2 saturated carbocycles. The summed E-state index contributed by atoms with van der Waals surface area (Å²) < 4.78 is 69.9. The molecule has 125 heavy (non-hydrogen) atoms. The number of benzene rings is 3. The number of guanidine groups is 1. The van der Waals surface area contributed by atoms with Gasteiger partial charge in [0.25, 0.3) is 17.0 Å². The maximum absolute atomic E-state index is 14.7. The highest BCUT2D eigenvalue weighted by atomic mass is 19.4. The van der Waals surface area contributed by atoms with Crippen molar-refractivity contribution in [1.29, 1.82) is 0 Å². The number of piperazine rings is 1. The van der Waals surface area contributed by atoms with E-state index in [1.165, 1.54) is 66.6 Å². The molecule has 3 aromatic carbocycles. The van der Waals surface area contributed by atoms with Gasteiger partial charge in [0, 0.05) is 116 Å². The van der Waals surface area contributed by atoms with Crippen molar-refractivity contribution in [3.8, 4) is 0 Å². The molecule has 2 unspecified atom stereocenters. The average Bonchev–Trinajstić information content (AvgIpc) is 1.62. The summed E-state index contributed by atoms with van der Waals surface area (Å²) in [5, 5.41) is 47.6. The van der Waals surface area contributed by atoms with Gasteiger partial charge in [0.05, 0.1) is 91.3 Å². The molecule has 9 heterocycles. The molecule has 678 valence electrons. The number of halogens is 4. The smallest absolute Gasteiger partial charge is 0.396 e. The van der Waals surface area contributed by atoms with Gasteiger partial charge in [-0.3, -0.25) is 42.9 Å². The molecule has 8 aliphatic rings. The second-order valence-electron chi connectivity index (χ2n) is 34.4. The predicted octanol–water partition coefficient (Wildman–Crippen LogP) is 11.9. The van der Waals surface area contributed by atoms with Gasteiger partial charge < -0.3 is 64.7 Å². The lowest BCUT2D eigenvalue weighted by Gasteiger charge is -2.39. The van der Waals surface area contributed by atoms with Gasteiger partial charge in [-0.15, -0.1) is 0 Å². The molecule has 31 nitrogen and oxygen atoms in total. The zero-order valence-electron chi connectivity index (χ0n) is 74.1. The molecule has 9 atom stereocenters. The second kappa shape index (κ2) is 41.6. The summed E-state index contributed by atoms with van der Waals surface area (Å²) in [6.45, 7) is 43.5. The molecule has 35 heteroatoms. The molecule has 0 bridgehead atoms. The molecule has 6 aromatic rings. The number of aromatic nitrogens is 6. The molecule has 5 amide bonds. The van der Waals surface area contributed by atoms with E-state index in [4.69, 9.17) is 20.7 Å². The number of nitrogens with two attached hydrogens (primary N) is 1. The van der Waals surface area contributed by atoms with E-state index in [1.807, 2.05) is 85.9 Å². The number of rotatable bonds is 23. The van der Waals surface area contributed by atoms with Crippen molar-refractivity contribution in [3.63, 3.8) is 0 Å². The Hall–Kier alpha value is -10.7. The fourth-order valence-corrected chi connectivity index (χ4v) is 17.1. The van der Waals surface area contributed by atoms with Crippen LogP contribution in [0, 0.1) is 23.6 Å². The van der Waals surface area contributed by atoms with Crippen molar-refractivity contribution >= 4 is 57.7 Å². The Labute approximate surface area is 726 Å². The van der Waals surface area contributed by atoms with E-state index in [-0.39, 0.29) is 109 Å². The molecule has 5 fully saturated rings. The maximum Gasteiger partial charge on any atom is 0.423 e. The van der Waals surface area contributed by atoms with Crippen molar-refractivity contribution < 1.29 is 66.6 Å². The van der Waals surface area contributed by atoms with Gasteiger partial charge in [0.1, 0.15) is 29.5 Å². The molecule has 6 aliphatic heterocycles. The topological polar surface area (TPSA) is 374 Å². The zero-order chi connectivity index (χ0) is 91.7. The number of fused-ring (bicyclic) bond motifs is 3. The third-order valence-corrected chi connectivity index (χ3v) is 23.8. The first kappa shape index (κ1) is 96.6. The van der Waals surface area contributed by atoms with Crippen LogP contribution in [0.25, 0.3) is 26.9 Å². The highest BCUT2D eigenvalue weighted by molar-refractivity contribution is 6.02. The summed E-state index contributed by atoms with van der Waals surface area (Å²) in [5.74, 6) is 0.200. The normalized spacial score (nSPS) is 21.9. The van der Waals surface area contributed by atoms with E-state index in [2.05, 4.69) is 95.6 Å². The molecule has 6 N–H and O–H groups in total. The number of anilines is 1. The van der Waals surface area contributed by atoms with E-state index in [0.29, 0.717) is 103 Å². The summed E-state index contributed by atoms with van der Waals surface area (Å²) in [7, 11) is 0. The summed E-state index contributed by atoms with van der Waals surface area (Å²) in [6, 6.07) is 16.9. The number of allylic oxidation sites excluding steroid dienone is 1. The first-order valence-electron chi connectivity index (χ1n) is 43.2. The van der Waals surface area contributed by atoms with Gasteiger partial charge in [-0.25, -0.2) is 23.6 Å². The van der Waals surface area contributed by atoms with Crippen LogP contribution in [-0.2, 0) is 44.5 Å². The van der Waals surface area contributed by atoms with Gasteiger partial charge in [0.2, 0.25) is 17.8 Å². The Balaban J connectivity index is 0.000000166. The number of hydrogen-bond acceptors (Lipinski definition) is 20. The number of aliphatic hydroxyl groups excluding tert-OH is 4. The number of carbonyl (C=O) groups excluding carboxylic acids is 4. The van der Waals surface area contributed by atoms with Crippen LogP contribution in [0.15, 0.2) is 140 Å². The van der Waals surface area contributed by atoms with Crippen molar-refractivity contribution in [3.05, 3.63) is 203 Å². The van der Waals surface area contributed by atoms with Crippen LogP contribution < -0.4 is 27.4 Å². The number of ether oxygens (including phenoxy) is 2. The molecule has 3 saturated heterocycles. The summed E-state index contributed by atoms with van der Waals surface area (Å²) >= 11 is 0. The quantitative estimate of drug-likeness (QED) is 0.0131. The molecule has 3 aromatic heterocycles. The second-order valence-corrected chi connectivity index (χ2v) is 34.4. The standard InChI is InChI=1S/C27H29FN4O3.C19H30N2O.C16H23N5O2.C14H19F3N2O4.C14H21N5O3/c1-17(2)32-27(35)21-6-4-3-5-20(21)24(29-32)16-18-7-10-23(28)22(15-18)26(34)31-13-11-30(12-14-31)25(33)19-8-9-19;1-5-11-20(12-6-2)13-10-16-8-7-9-18-17(16)14-19(22)21(18)15(3)4;1-8(2)21-10(4)14-15(19-16(21)17)20(7-18-14)12-5-13(23)11(6-22)9(12)3;1-7(2)19-12(21)9(14(15,16)17)5-18(13(19)22)11-4-8(3)10(6-20)23-11;1-8(2)19-10(4)9(3)6-18(14(19)21)13-5-11(16-17-15)12(7-20)22-13/h3-7,10,15,17,19H,8-9,11-14,16H2,1-2H3;7-9,15H,5-6,10-14H2,1-4H3;7-8,11-13,22-23H,3-6H2,1-2H3,(H2,17,19);5,7-8,10-11,20H,4,6H2,1-3H3;6,8,11-13,20H,4-5,7H2,1-3H3/t;;11-,12-,13-;8?,10-,11-;11-,12?,13-/m..011/s1. The molecule has 0 spiro atoms. The summed E-state index contributed by atoms with van der Waals surface area (Å²) in [5.41, 5.74) is 19.8. The maximum atomic E-state index is 14.7. The van der Waals surface area contributed by atoms with Gasteiger partial charge in [-0.05, 0) is 198 Å². The Bertz CT molecular complexity index is 5240. The molecular formula is C90H122F4N18O13. The summed E-state index contributed by atoms with van der Waals surface area (Å²) in [6.07, 6.45) is 3.13. The molecular weight excluding hydrogens is 1620 g/mol. The van der Waals surface area contributed by atoms with Crippen molar-refractivity contribution in [1.82, 2.24) is 57.9 Å². The Morgan fingerprint density at radius 1 is 0.744 bits per heavy atom. The SMILES string of the molecule is C=C1C(C)=CN([C@H]2C[C@@H](N=[N+]=[N-])C(CO)O2)C(=O)N1C(C)C.C=C1[C@H](CO)[C@@H](O)C[C@@H]1n1cnc2c1N=C(N)N(C(C)C)C2=C.CC(C)n1nc(Cc2ccc(F)c(C(=O)N3CCN(C(=O)C4CC4)CC3)c2)c2ccccc2c1=O.CC1C[C@H](n2cc(C(F)(F)F)c(=O)n(C(C)C)c2=O)O[C@@H]1CO.CCCN(CCC)CCc1cccc2c1CC(=O)N2C(C)C. The number of alkyl halides is 3. The van der Waals surface area contributed by atoms with Crippen molar-refractivity contribution in [2.75, 3.05) is 70.5 Å². The minimum absolute atomic E-state index is 0.0194. The Morgan fingerprint density at radius 2 is 1.38 bits per heavy atom.